The zero-order chi connectivity index (χ0) is 12.9. The van der Waals surface area contributed by atoms with Crippen LogP contribution in [0.1, 0.15) is 39.5 Å². The molecular formula is C14H20O4. The lowest BCUT2D eigenvalue weighted by Gasteiger charge is -2.56. The van der Waals surface area contributed by atoms with Crippen molar-refractivity contribution in [3.63, 3.8) is 0 Å². The third-order valence-electron chi connectivity index (χ3n) is 4.86. The van der Waals surface area contributed by atoms with Crippen LogP contribution in [0, 0.1) is 23.7 Å². The molecule has 4 fully saturated rings. The van der Waals surface area contributed by atoms with Gasteiger partial charge in [-0.05, 0) is 43.4 Å². The maximum absolute atomic E-state index is 11.2. The van der Waals surface area contributed by atoms with E-state index in [2.05, 4.69) is 0 Å². The van der Waals surface area contributed by atoms with Gasteiger partial charge in [-0.3, -0.25) is 9.59 Å². The first-order valence-electron chi connectivity index (χ1n) is 6.89. The molecule has 0 aromatic heterocycles. The molecule has 0 spiro atoms. The summed E-state index contributed by atoms with van der Waals surface area (Å²) < 4.78 is 11.0. The third-order valence-corrected chi connectivity index (χ3v) is 4.86. The van der Waals surface area contributed by atoms with Crippen LogP contribution in [-0.4, -0.2) is 24.1 Å². The maximum atomic E-state index is 11.2. The molecule has 4 nitrogen and oxygen atoms in total. The molecule has 0 aromatic rings. The predicted molar refractivity (Wildman–Crippen MR) is 63.5 cm³/mol. The minimum atomic E-state index is -0.214. The maximum Gasteiger partial charge on any atom is 0.302 e. The Balaban J connectivity index is 1.81. The van der Waals surface area contributed by atoms with Gasteiger partial charge >= 0.3 is 11.9 Å². The Kier molecular flexibility index (Phi) is 2.83. The standard InChI is InChI=1S/C14H20O4/c1-7(15)17-13-10-3-9-4-11(6-10)14(12(13)5-9)18-8(2)16/h9-14H,3-6H2,1-2H3. The first kappa shape index (κ1) is 12.0. The second-order valence-corrected chi connectivity index (χ2v) is 6.14. The summed E-state index contributed by atoms with van der Waals surface area (Å²) in [5.74, 6) is 1.53. The Morgan fingerprint density at radius 3 is 1.78 bits per heavy atom. The third kappa shape index (κ3) is 1.91. The van der Waals surface area contributed by atoms with Crippen LogP contribution in [0.4, 0.5) is 0 Å². The van der Waals surface area contributed by atoms with Gasteiger partial charge in [-0.2, -0.15) is 0 Å². The van der Waals surface area contributed by atoms with Gasteiger partial charge in [-0.15, -0.1) is 0 Å². The molecule has 4 heteroatoms. The van der Waals surface area contributed by atoms with Crippen molar-refractivity contribution in [1.29, 1.82) is 0 Å². The van der Waals surface area contributed by atoms with E-state index in [0.717, 1.165) is 18.8 Å². The van der Waals surface area contributed by atoms with Crippen molar-refractivity contribution in [2.24, 2.45) is 23.7 Å². The molecule has 0 N–H and O–H groups in total. The Morgan fingerprint density at radius 2 is 1.33 bits per heavy atom. The van der Waals surface area contributed by atoms with Gasteiger partial charge in [0.1, 0.15) is 12.2 Å². The molecule has 4 atom stereocenters. The summed E-state index contributed by atoms with van der Waals surface area (Å²) >= 11 is 0. The van der Waals surface area contributed by atoms with Crippen molar-refractivity contribution >= 4 is 11.9 Å². The zero-order valence-corrected chi connectivity index (χ0v) is 10.9. The van der Waals surface area contributed by atoms with Gasteiger partial charge in [0.05, 0.1) is 0 Å². The minimum Gasteiger partial charge on any atom is -0.462 e. The van der Waals surface area contributed by atoms with E-state index in [1.807, 2.05) is 0 Å². The highest BCUT2D eigenvalue weighted by Gasteiger charge is 2.56. The molecule has 0 aromatic carbocycles. The van der Waals surface area contributed by atoms with Crippen LogP contribution in [0.5, 0.6) is 0 Å². The van der Waals surface area contributed by atoms with Gasteiger partial charge in [0.15, 0.2) is 0 Å². The largest absolute Gasteiger partial charge is 0.462 e. The number of hydrogen-bond acceptors (Lipinski definition) is 4. The van der Waals surface area contributed by atoms with E-state index < -0.39 is 0 Å². The van der Waals surface area contributed by atoms with Crippen molar-refractivity contribution in [3.8, 4) is 0 Å². The summed E-state index contributed by atoms with van der Waals surface area (Å²) in [6.45, 7) is 2.93. The van der Waals surface area contributed by atoms with Crippen molar-refractivity contribution in [1.82, 2.24) is 0 Å². The molecule has 0 heterocycles. The molecule has 0 amide bonds. The lowest BCUT2D eigenvalue weighted by Crippen LogP contribution is -2.58. The van der Waals surface area contributed by atoms with E-state index >= 15 is 0 Å². The Hall–Kier alpha value is -1.06. The van der Waals surface area contributed by atoms with Gasteiger partial charge < -0.3 is 9.47 Å². The molecule has 4 rings (SSSR count). The molecule has 0 saturated heterocycles. The summed E-state index contributed by atoms with van der Waals surface area (Å²) in [5.41, 5.74) is 0. The summed E-state index contributed by atoms with van der Waals surface area (Å²) in [5, 5.41) is 0. The van der Waals surface area contributed by atoms with E-state index in [0.29, 0.717) is 11.8 Å². The Labute approximate surface area is 107 Å². The molecule has 4 unspecified atom stereocenters. The molecule has 18 heavy (non-hydrogen) atoms. The van der Waals surface area contributed by atoms with Crippen LogP contribution in [0.2, 0.25) is 0 Å². The highest BCUT2D eigenvalue weighted by atomic mass is 16.6. The van der Waals surface area contributed by atoms with E-state index in [9.17, 15) is 9.59 Å². The quantitative estimate of drug-likeness (QED) is 0.704. The fourth-order valence-electron chi connectivity index (χ4n) is 4.55. The van der Waals surface area contributed by atoms with E-state index in [4.69, 9.17) is 9.47 Å². The number of rotatable bonds is 2. The van der Waals surface area contributed by atoms with Gasteiger partial charge in [0, 0.05) is 19.8 Å². The lowest BCUT2D eigenvalue weighted by atomic mass is 9.53. The van der Waals surface area contributed by atoms with Crippen LogP contribution in [0.25, 0.3) is 0 Å². The summed E-state index contributed by atoms with van der Waals surface area (Å²) in [4.78, 5) is 22.5. The zero-order valence-electron chi connectivity index (χ0n) is 10.9. The minimum absolute atomic E-state index is 0.0281. The average Bonchev–Trinajstić information content (AvgIpc) is 2.27. The molecule has 100 valence electrons. The number of carbonyl (C=O) groups is 2. The monoisotopic (exact) mass is 252 g/mol. The molecule has 0 aliphatic heterocycles. The molecule has 4 saturated carbocycles. The van der Waals surface area contributed by atoms with E-state index in [-0.39, 0.29) is 30.1 Å². The van der Waals surface area contributed by atoms with Gasteiger partial charge in [0.25, 0.3) is 0 Å². The van der Waals surface area contributed by atoms with Gasteiger partial charge in [-0.25, -0.2) is 0 Å². The number of hydrogen-bond donors (Lipinski definition) is 0. The van der Waals surface area contributed by atoms with Crippen LogP contribution in [0.15, 0.2) is 0 Å². The average molecular weight is 252 g/mol. The Bertz CT molecular complexity index is 346. The Morgan fingerprint density at radius 1 is 0.833 bits per heavy atom. The van der Waals surface area contributed by atoms with Crippen LogP contribution >= 0.6 is 0 Å². The first-order chi connectivity index (χ1) is 8.54. The second kappa shape index (κ2) is 4.25. The SMILES string of the molecule is CC(=O)OC1C2CC3CC(C2)C(OC(C)=O)C1C3. The van der Waals surface area contributed by atoms with Gasteiger partial charge in [-0.1, -0.05) is 0 Å². The van der Waals surface area contributed by atoms with E-state index in [1.54, 1.807) is 0 Å². The normalized spacial score (nSPS) is 44.8. The predicted octanol–water partition coefficient (Wildman–Crippen LogP) is 1.92. The molecule has 4 aliphatic rings. The topological polar surface area (TPSA) is 52.6 Å². The fourth-order valence-corrected chi connectivity index (χ4v) is 4.55. The lowest BCUT2D eigenvalue weighted by molar-refractivity contribution is -0.203. The van der Waals surface area contributed by atoms with Crippen molar-refractivity contribution in [2.45, 2.75) is 51.7 Å². The van der Waals surface area contributed by atoms with Crippen molar-refractivity contribution < 1.29 is 19.1 Å². The van der Waals surface area contributed by atoms with Crippen molar-refractivity contribution in [2.75, 3.05) is 0 Å². The highest BCUT2D eigenvalue weighted by molar-refractivity contribution is 5.67. The molecule has 0 radical (unpaired) electrons. The highest BCUT2D eigenvalue weighted by Crippen LogP contribution is 2.55. The summed E-state index contributed by atoms with van der Waals surface area (Å²) in [6, 6.07) is 0. The molecule has 4 bridgehead atoms. The summed E-state index contributed by atoms with van der Waals surface area (Å²) in [7, 11) is 0. The first-order valence-corrected chi connectivity index (χ1v) is 6.89. The fraction of sp³-hybridized carbons (Fsp3) is 0.857. The second-order valence-electron chi connectivity index (χ2n) is 6.14. The molecular weight excluding hydrogens is 232 g/mol. The van der Waals surface area contributed by atoms with Gasteiger partial charge in [0.2, 0.25) is 0 Å². The van der Waals surface area contributed by atoms with Crippen molar-refractivity contribution in [3.05, 3.63) is 0 Å². The van der Waals surface area contributed by atoms with Crippen LogP contribution < -0.4 is 0 Å². The summed E-state index contributed by atoms with van der Waals surface area (Å²) in [6.07, 6.45) is 4.39. The smallest absolute Gasteiger partial charge is 0.302 e. The van der Waals surface area contributed by atoms with E-state index in [1.165, 1.54) is 26.7 Å². The number of ether oxygens (including phenoxy) is 2. The molecule has 4 aliphatic carbocycles. The number of esters is 2. The van der Waals surface area contributed by atoms with Crippen LogP contribution in [-0.2, 0) is 19.1 Å². The van der Waals surface area contributed by atoms with Crippen LogP contribution in [0.3, 0.4) is 0 Å². The number of carbonyl (C=O) groups excluding carboxylic acids is 2.